The van der Waals surface area contributed by atoms with Crippen LogP contribution in [0.25, 0.3) is 0 Å². The summed E-state index contributed by atoms with van der Waals surface area (Å²) in [5.41, 5.74) is 0.425. The average molecular weight is 181 g/mol. The number of alkyl halides is 1. The first-order chi connectivity index (χ1) is 6.24. The second kappa shape index (κ2) is 4.38. The molecule has 13 heavy (non-hydrogen) atoms. The number of hydrogen-bond acceptors (Lipinski definition) is 3. The van der Waals surface area contributed by atoms with Gasteiger partial charge in [0.05, 0.1) is 0 Å². The number of isocyanates is 1. The number of aliphatic imine (C=N–C) groups is 1. The zero-order chi connectivity index (χ0) is 9.68. The molecule has 1 rings (SSSR count). The van der Waals surface area contributed by atoms with Crippen molar-refractivity contribution in [1.82, 2.24) is 0 Å². The molecule has 1 aromatic rings. The first kappa shape index (κ1) is 9.42. The lowest BCUT2D eigenvalue weighted by Crippen LogP contribution is -2.00. The highest BCUT2D eigenvalue weighted by Gasteiger charge is 2.07. The summed E-state index contributed by atoms with van der Waals surface area (Å²) in [6.45, 7) is 0. The Kier molecular flexibility index (Phi) is 3.17. The number of phenolic OH excluding ortho intramolecular Hbond substituents is 1. The van der Waals surface area contributed by atoms with Gasteiger partial charge in [-0.2, -0.15) is 4.99 Å². The van der Waals surface area contributed by atoms with Gasteiger partial charge in [0, 0.05) is 6.42 Å². The van der Waals surface area contributed by atoms with Gasteiger partial charge in [0.25, 0.3) is 0 Å². The third kappa shape index (κ3) is 2.69. The highest BCUT2D eigenvalue weighted by Crippen LogP contribution is 2.18. The smallest absolute Gasteiger partial charge is 0.237 e. The lowest BCUT2D eigenvalue weighted by Gasteiger charge is -2.03. The van der Waals surface area contributed by atoms with E-state index in [4.69, 9.17) is 0 Å². The number of nitrogens with zero attached hydrogens (tertiary/aromatic N) is 1. The molecule has 0 radical (unpaired) electrons. The Bertz CT molecular complexity index is 334. The third-order valence-electron chi connectivity index (χ3n) is 1.57. The van der Waals surface area contributed by atoms with E-state index in [1.54, 1.807) is 18.2 Å². The number of carbonyl (C=O) groups excluding carboxylic acids is 1. The van der Waals surface area contributed by atoms with Crippen molar-refractivity contribution in [3.63, 3.8) is 0 Å². The standard InChI is InChI=1S/C9H8FNO2/c10-9(11-6-12)5-7-3-1-2-4-8(7)13/h1-4,9,13H,5H2. The van der Waals surface area contributed by atoms with Crippen LogP contribution in [0.3, 0.4) is 0 Å². The minimum atomic E-state index is -1.63. The van der Waals surface area contributed by atoms with Crippen molar-refractivity contribution < 1.29 is 14.3 Å². The molecular weight excluding hydrogens is 173 g/mol. The molecule has 0 heterocycles. The molecule has 1 unspecified atom stereocenters. The van der Waals surface area contributed by atoms with Crippen LogP contribution < -0.4 is 0 Å². The van der Waals surface area contributed by atoms with E-state index in [-0.39, 0.29) is 12.2 Å². The molecule has 0 amide bonds. The summed E-state index contributed by atoms with van der Waals surface area (Å²) in [5, 5.41) is 9.22. The summed E-state index contributed by atoms with van der Waals surface area (Å²) in [7, 11) is 0. The molecule has 0 aliphatic heterocycles. The number of rotatable bonds is 3. The molecule has 0 saturated heterocycles. The number of phenols is 1. The Morgan fingerprint density at radius 2 is 2.23 bits per heavy atom. The Morgan fingerprint density at radius 3 is 2.85 bits per heavy atom. The molecule has 0 fully saturated rings. The van der Waals surface area contributed by atoms with Crippen LogP contribution in [0, 0.1) is 0 Å². The van der Waals surface area contributed by atoms with Crippen LogP contribution >= 0.6 is 0 Å². The van der Waals surface area contributed by atoms with Crippen molar-refractivity contribution in [3.05, 3.63) is 29.8 Å². The quantitative estimate of drug-likeness (QED) is 0.437. The second-order valence-corrected chi connectivity index (χ2v) is 2.49. The van der Waals surface area contributed by atoms with Crippen LogP contribution in [0.1, 0.15) is 5.56 Å². The third-order valence-corrected chi connectivity index (χ3v) is 1.57. The molecule has 3 nitrogen and oxygen atoms in total. The second-order valence-electron chi connectivity index (χ2n) is 2.49. The average Bonchev–Trinajstić information content (AvgIpc) is 2.09. The van der Waals surface area contributed by atoms with Gasteiger partial charge in [-0.05, 0) is 11.6 Å². The molecule has 0 saturated carbocycles. The molecular formula is C9H8FNO2. The first-order valence-corrected chi connectivity index (χ1v) is 3.72. The highest BCUT2D eigenvalue weighted by molar-refractivity contribution is 5.35. The van der Waals surface area contributed by atoms with Gasteiger partial charge in [-0.3, -0.25) is 0 Å². The molecule has 68 valence electrons. The number of benzene rings is 1. The van der Waals surface area contributed by atoms with E-state index in [2.05, 4.69) is 4.99 Å². The summed E-state index contributed by atoms with van der Waals surface area (Å²) < 4.78 is 12.7. The van der Waals surface area contributed by atoms with Crippen LogP contribution in [0.4, 0.5) is 4.39 Å². The van der Waals surface area contributed by atoms with Gasteiger partial charge in [-0.1, -0.05) is 18.2 Å². The first-order valence-electron chi connectivity index (χ1n) is 3.72. The predicted molar refractivity (Wildman–Crippen MR) is 44.8 cm³/mol. The van der Waals surface area contributed by atoms with Crippen LogP contribution in [0.15, 0.2) is 29.3 Å². The molecule has 1 atom stereocenters. The SMILES string of the molecule is O=C=NC(F)Cc1ccccc1O. The molecule has 1 aromatic carbocycles. The molecule has 0 bridgehead atoms. The van der Waals surface area contributed by atoms with E-state index >= 15 is 0 Å². The number of halogens is 1. The van der Waals surface area contributed by atoms with E-state index in [1.807, 2.05) is 0 Å². The minimum absolute atomic E-state index is 0.00579. The van der Waals surface area contributed by atoms with E-state index in [0.717, 1.165) is 6.08 Å². The maximum Gasteiger partial charge on any atom is 0.237 e. The van der Waals surface area contributed by atoms with Gasteiger partial charge in [0.15, 0.2) is 0 Å². The molecule has 0 aromatic heterocycles. The van der Waals surface area contributed by atoms with E-state index in [1.165, 1.54) is 6.07 Å². The topological polar surface area (TPSA) is 49.7 Å². The van der Waals surface area contributed by atoms with Crippen molar-refractivity contribution in [2.24, 2.45) is 4.99 Å². The summed E-state index contributed by atoms with van der Waals surface area (Å²) >= 11 is 0. The van der Waals surface area contributed by atoms with Crippen molar-refractivity contribution in [1.29, 1.82) is 0 Å². The van der Waals surface area contributed by atoms with E-state index < -0.39 is 6.30 Å². The fraction of sp³-hybridized carbons (Fsp3) is 0.222. The summed E-state index contributed by atoms with van der Waals surface area (Å²) in [5.74, 6) is 0.00579. The van der Waals surface area contributed by atoms with Crippen LogP contribution in [0.5, 0.6) is 5.75 Å². The maximum atomic E-state index is 12.7. The minimum Gasteiger partial charge on any atom is -0.508 e. The molecule has 0 spiro atoms. The largest absolute Gasteiger partial charge is 0.508 e. The van der Waals surface area contributed by atoms with Gasteiger partial charge in [0.1, 0.15) is 5.75 Å². The van der Waals surface area contributed by atoms with E-state index in [9.17, 15) is 14.3 Å². The fourth-order valence-electron chi connectivity index (χ4n) is 0.968. The monoisotopic (exact) mass is 181 g/mol. The van der Waals surface area contributed by atoms with Crippen LogP contribution in [-0.2, 0) is 11.2 Å². The Balaban J connectivity index is 2.74. The van der Waals surface area contributed by atoms with Gasteiger partial charge in [-0.25, -0.2) is 9.18 Å². The predicted octanol–water partition coefficient (Wildman–Crippen LogP) is 1.57. The zero-order valence-electron chi connectivity index (χ0n) is 6.77. The van der Waals surface area contributed by atoms with Gasteiger partial charge in [-0.15, -0.1) is 0 Å². The Labute approximate surface area is 74.5 Å². The molecule has 0 aliphatic carbocycles. The van der Waals surface area contributed by atoms with E-state index in [0.29, 0.717) is 5.56 Å². The maximum absolute atomic E-state index is 12.7. The van der Waals surface area contributed by atoms with Crippen molar-refractivity contribution >= 4 is 6.08 Å². The molecule has 1 N–H and O–H groups in total. The van der Waals surface area contributed by atoms with Crippen LogP contribution in [0.2, 0.25) is 0 Å². The zero-order valence-corrected chi connectivity index (χ0v) is 6.77. The highest BCUT2D eigenvalue weighted by atomic mass is 19.1. The number of hydrogen-bond donors (Lipinski definition) is 1. The lowest BCUT2D eigenvalue weighted by molar-refractivity contribution is 0.339. The summed E-state index contributed by atoms with van der Waals surface area (Å²) in [6, 6.07) is 6.33. The van der Waals surface area contributed by atoms with Gasteiger partial charge in [0.2, 0.25) is 12.4 Å². The molecule has 0 aliphatic rings. The van der Waals surface area contributed by atoms with Crippen molar-refractivity contribution in [2.75, 3.05) is 0 Å². The Hall–Kier alpha value is -1.67. The fourth-order valence-corrected chi connectivity index (χ4v) is 0.968. The number of para-hydroxylation sites is 1. The van der Waals surface area contributed by atoms with Crippen LogP contribution in [-0.4, -0.2) is 17.5 Å². The lowest BCUT2D eigenvalue weighted by atomic mass is 10.1. The molecule has 4 heteroatoms. The summed E-state index contributed by atoms with van der Waals surface area (Å²) in [6.07, 6.45) is -0.617. The van der Waals surface area contributed by atoms with Crippen molar-refractivity contribution in [3.8, 4) is 5.75 Å². The Morgan fingerprint density at radius 1 is 1.54 bits per heavy atom. The number of aromatic hydroxyl groups is 1. The van der Waals surface area contributed by atoms with Gasteiger partial charge >= 0.3 is 0 Å². The summed E-state index contributed by atoms with van der Waals surface area (Å²) in [4.78, 5) is 12.6. The van der Waals surface area contributed by atoms with Crippen molar-refractivity contribution in [2.45, 2.75) is 12.7 Å². The normalized spacial score (nSPS) is 11.8. The van der Waals surface area contributed by atoms with Gasteiger partial charge < -0.3 is 5.11 Å².